The molecule has 0 heterocycles. The molecule has 0 unspecified atom stereocenters. The van der Waals surface area contributed by atoms with Gasteiger partial charge < -0.3 is 0 Å². The average Bonchev–Trinajstić information content (AvgIpc) is 2.03. The van der Waals surface area contributed by atoms with Crippen LogP contribution in [0.1, 0.15) is 27.7 Å². The maximum atomic E-state index is 11.8. The summed E-state index contributed by atoms with van der Waals surface area (Å²) in [5.41, 5.74) is 2.83. The summed E-state index contributed by atoms with van der Waals surface area (Å²) >= 11 is 0. The molecule has 0 aliphatic rings. The Morgan fingerprint density at radius 1 is 1.21 bits per heavy atom. The zero-order chi connectivity index (χ0) is 11.0. The Kier molecular flexibility index (Phi) is 7.41. The fourth-order valence-corrected chi connectivity index (χ4v) is 1.96. The van der Waals surface area contributed by atoms with Crippen molar-refractivity contribution >= 4 is 7.75 Å². The molecule has 5 nitrogen and oxygen atoms in total. The Morgan fingerprint density at radius 2 is 1.71 bits per heavy atom. The van der Waals surface area contributed by atoms with E-state index in [0.29, 0.717) is 25.7 Å². The van der Waals surface area contributed by atoms with Crippen LogP contribution in [0.5, 0.6) is 0 Å². The van der Waals surface area contributed by atoms with Crippen molar-refractivity contribution in [3.63, 3.8) is 0 Å². The van der Waals surface area contributed by atoms with Crippen molar-refractivity contribution in [2.24, 2.45) is 5.92 Å². The van der Waals surface area contributed by atoms with Crippen LogP contribution < -0.4 is 10.6 Å². The second kappa shape index (κ2) is 7.37. The van der Waals surface area contributed by atoms with Gasteiger partial charge in [-0.3, -0.25) is 9.05 Å². The number of hydrazine groups is 1. The Hall–Kier alpha value is 0.0700. The highest BCUT2D eigenvalue weighted by Gasteiger charge is 2.22. The van der Waals surface area contributed by atoms with Gasteiger partial charge >= 0.3 is 7.75 Å². The van der Waals surface area contributed by atoms with Crippen LogP contribution in [-0.4, -0.2) is 19.8 Å². The molecule has 0 aliphatic heterocycles. The van der Waals surface area contributed by atoms with Crippen molar-refractivity contribution in [2.75, 3.05) is 19.8 Å². The number of nitrogens with one attached hydrogen (secondary N) is 2. The first-order valence-electron chi connectivity index (χ1n) is 4.93. The molecule has 0 aromatic rings. The van der Waals surface area contributed by atoms with Crippen LogP contribution in [0.4, 0.5) is 0 Å². The van der Waals surface area contributed by atoms with Gasteiger partial charge in [0.15, 0.2) is 0 Å². The summed E-state index contributed by atoms with van der Waals surface area (Å²) in [5.74, 6) is 0.471. The molecule has 0 atom stereocenters. The number of hydrogen-bond acceptors (Lipinski definition) is 4. The number of hydrogen-bond donors (Lipinski definition) is 2. The van der Waals surface area contributed by atoms with E-state index in [2.05, 4.69) is 24.5 Å². The standard InChI is InChI=1S/C8H21N2O3P/c1-5-12-14(11,13-6-2)10-9-7-8(3)4/h8-9H,5-7H2,1-4H3,(H,10,11). The van der Waals surface area contributed by atoms with E-state index in [1.165, 1.54) is 0 Å². The maximum Gasteiger partial charge on any atom is 0.418 e. The van der Waals surface area contributed by atoms with Gasteiger partial charge in [0.25, 0.3) is 0 Å². The topological polar surface area (TPSA) is 59.6 Å². The first-order chi connectivity index (χ1) is 6.54. The van der Waals surface area contributed by atoms with Crippen molar-refractivity contribution in [3.05, 3.63) is 0 Å². The van der Waals surface area contributed by atoms with E-state index in [1.54, 1.807) is 13.8 Å². The quantitative estimate of drug-likeness (QED) is 0.487. The lowest BCUT2D eigenvalue weighted by Crippen LogP contribution is -2.33. The molecule has 14 heavy (non-hydrogen) atoms. The Labute approximate surface area is 86.1 Å². The van der Waals surface area contributed by atoms with Crippen molar-refractivity contribution in [2.45, 2.75) is 27.7 Å². The van der Waals surface area contributed by atoms with E-state index in [1.807, 2.05) is 0 Å². The molecule has 0 saturated heterocycles. The van der Waals surface area contributed by atoms with Crippen molar-refractivity contribution < 1.29 is 13.6 Å². The van der Waals surface area contributed by atoms with Gasteiger partial charge in [0.1, 0.15) is 0 Å². The van der Waals surface area contributed by atoms with Crippen LogP contribution >= 0.6 is 7.75 Å². The lowest BCUT2D eigenvalue weighted by Gasteiger charge is -2.18. The molecule has 0 rings (SSSR count). The average molecular weight is 224 g/mol. The highest BCUT2D eigenvalue weighted by Crippen LogP contribution is 2.42. The summed E-state index contributed by atoms with van der Waals surface area (Å²) in [4.78, 5) is 0. The van der Waals surface area contributed by atoms with Gasteiger partial charge in [-0.2, -0.15) is 5.20 Å². The van der Waals surface area contributed by atoms with Crippen LogP contribution in [0.25, 0.3) is 0 Å². The summed E-state index contributed by atoms with van der Waals surface area (Å²) in [7, 11) is -3.14. The molecule has 0 aromatic heterocycles. The predicted octanol–water partition coefficient (Wildman–Crippen LogP) is 1.92. The Balaban J connectivity index is 3.90. The largest absolute Gasteiger partial charge is 0.418 e. The summed E-state index contributed by atoms with van der Waals surface area (Å²) in [6.45, 7) is 9.08. The summed E-state index contributed by atoms with van der Waals surface area (Å²) in [6.07, 6.45) is 0. The van der Waals surface area contributed by atoms with Gasteiger partial charge in [-0.1, -0.05) is 13.8 Å². The highest BCUT2D eigenvalue weighted by molar-refractivity contribution is 7.51. The monoisotopic (exact) mass is 224 g/mol. The van der Waals surface area contributed by atoms with Gasteiger partial charge in [-0.25, -0.2) is 9.99 Å². The van der Waals surface area contributed by atoms with Gasteiger partial charge in [0.2, 0.25) is 0 Å². The third-order valence-corrected chi connectivity index (χ3v) is 2.95. The van der Waals surface area contributed by atoms with E-state index < -0.39 is 7.75 Å². The smallest absolute Gasteiger partial charge is 0.296 e. The third kappa shape index (κ3) is 6.51. The van der Waals surface area contributed by atoms with Crippen molar-refractivity contribution in [1.29, 1.82) is 0 Å². The van der Waals surface area contributed by atoms with E-state index in [0.717, 1.165) is 0 Å². The fraction of sp³-hybridized carbons (Fsp3) is 1.00. The molecular formula is C8H21N2O3P. The van der Waals surface area contributed by atoms with Crippen LogP contribution in [0.15, 0.2) is 0 Å². The highest BCUT2D eigenvalue weighted by atomic mass is 31.2. The minimum absolute atomic E-state index is 0.355. The molecule has 0 radical (unpaired) electrons. The van der Waals surface area contributed by atoms with E-state index >= 15 is 0 Å². The second-order valence-electron chi connectivity index (χ2n) is 3.22. The molecule has 2 N–H and O–H groups in total. The van der Waals surface area contributed by atoms with E-state index in [-0.39, 0.29) is 0 Å². The second-order valence-corrected chi connectivity index (χ2v) is 4.95. The van der Waals surface area contributed by atoms with Gasteiger partial charge in [-0.15, -0.1) is 0 Å². The van der Waals surface area contributed by atoms with Crippen molar-refractivity contribution in [1.82, 2.24) is 10.6 Å². The van der Waals surface area contributed by atoms with Crippen LogP contribution in [0, 0.1) is 5.92 Å². The minimum Gasteiger partial charge on any atom is -0.296 e. The van der Waals surface area contributed by atoms with Gasteiger partial charge in [-0.05, 0) is 19.8 Å². The van der Waals surface area contributed by atoms with Gasteiger partial charge in [0, 0.05) is 6.54 Å². The summed E-state index contributed by atoms with van der Waals surface area (Å²) < 4.78 is 21.8. The first kappa shape index (κ1) is 14.1. The lowest BCUT2D eigenvalue weighted by molar-refractivity contribution is 0.205. The predicted molar refractivity (Wildman–Crippen MR) is 56.8 cm³/mol. The molecule has 0 aromatic carbocycles. The SMILES string of the molecule is CCOP(=O)(NNCC(C)C)OCC. The first-order valence-corrected chi connectivity index (χ1v) is 6.47. The van der Waals surface area contributed by atoms with E-state index in [4.69, 9.17) is 9.05 Å². The zero-order valence-corrected chi connectivity index (χ0v) is 10.3. The fourth-order valence-electron chi connectivity index (χ4n) is 0.788. The molecule has 86 valence electrons. The molecule has 0 amide bonds. The molecular weight excluding hydrogens is 203 g/mol. The zero-order valence-electron chi connectivity index (χ0n) is 9.37. The van der Waals surface area contributed by atoms with Crippen LogP contribution in [0.2, 0.25) is 0 Å². The summed E-state index contributed by atoms with van der Waals surface area (Å²) in [5, 5.41) is 2.59. The third-order valence-electron chi connectivity index (χ3n) is 1.32. The van der Waals surface area contributed by atoms with Gasteiger partial charge in [0.05, 0.1) is 13.2 Å². The minimum atomic E-state index is -3.14. The molecule has 0 spiro atoms. The molecule has 0 bridgehead atoms. The maximum absolute atomic E-state index is 11.8. The Bertz CT molecular complexity index is 177. The molecule has 0 fully saturated rings. The van der Waals surface area contributed by atoms with Crippen LogP contribution in [0.3, 0.4) is 0 Å². The Morgan fingerprint density at radius 3 is 2.07 bits per heavy atom. The summed E-state index contributed by atoms with van der Waals surface area (Å²) in [6, 6.07) is 0. The molecule has 0 aliphatic carbocycles. The van der Waals surface area contributed by atoms with Crippen LogP contribution in [-0.2, 0) is 13.6 Å². The van der Waals surface area contributed by atoms with Crippen molar-refractivity contribution in [3.8, 4) is 0 Å². The lowest BCUT2D eigenvalue weighted by atomic mass is 10.2. The number of rotatable bonds is 8. The van der Waals surface area contributed by atoms with E-state index in [9.17, 15) is 4.57 Å². The normalized spacial score (nSPS) is 12.4. The molecule has 6 heteroatoms. The molecule has 0 saturated carbocycles.